The van der Waals surface area contributed by atoms with Gasteiger partial charge < -0.3 is 9.64 Å². The van der Waals surface area contributed by atoms with E-state index >= 15 is 0 Å². The minimum atomic E-state index is -4.53. The number of amides is 2. The van der Waals surface area contributed by atoms with Crippen molar-refractivity contribution in [3.63, 3.8) is 0 Å². The Kier molecular flexibility index (Phi) is 5.38. The number of allylic oxidation sites excluding steroid dienone is 2. The summed E-state index contributed by atoms with van der Waals surface area (Å²) >= 11 is 0. The standard InChI is InChI=1S/C21H23F3N2O3/c22-21(23,24)14-4-3-5-15(12-14)26-19(27)13-17(20(26)28)16-6-1-2-7-18(16)25-8-10-29-11-9-25/h3-5,7,12,16-17H,1-2,6,8-11,13H2/t16-,17+/m1/s1. The summed E-state index contributed by atoms with van der Waals surface area (Å²) in [6.45, 7) is 2.74. The molecular formula is C21H23F3N2O3. The average molecular weight is 408 g/mol. The number of anilines is 1. The lowest BCUT2D eigenvalue weighted by atomic mass is 9.80. The van der Waals surface area contributed by atoms with E-state index in [1.807, 2.05) is 0 Å². The van der Waals surface area contributed by atoms with Crippen molar-refractivity contribution in [1.82, 2.24) is 4.90 Å². The smallest absolute Gasteiger partial charge is 0.378 e. The quantitative estimate of drug-likeness (QED) is 0.718. The van der Waals surface area contributed by atoms with Crippen molar-refractivity contribution >= 4 is 17.5 Å². The third-order valence-corrected chi connectivity index (χ3v) is 5.93. The number of carbonyl (C=O) groups is 2. The fourth-order valence-corrected chi connectivity index (χ4v) is 4.54. The van der Waals surface area contributed by atoms with Gasteiger partial charge in [0, 0.05) is 31.1 Å². The molecule has 2 atom stereocenters. The summed E-state index contributed by atoms with van der Waals surface area (Å²) in [5.74, 6) is -1.47. The lowest BCUT2D eigenvalue weighted by molar-refractivity contribution is -0.137. The molecule has 1 aliphatic carbocycles. The average Bonchev–Trinajstić information content (AvgIpc) is 3.02. The van der Waals surface area contributed by atoms with Crippen LogP contribution < -0.4 is 4.90 Å². The molecular weight excluding hydrogens is 385 g/mol. The van der Waals surface area contributed by atoms with Gasteiger partial charge in [0.05, 0.1) is 30.4 Å². The highest BCUT2D eigenvalue weighted by molar-refractivity contribution is 6.21. The molecule has 156 valence electrons. The summed E-state index contributed by atoms with van der Waals surface area (Å²) in [5.41, 5.74) is 0.201. The summed E-state index contributed by atoms with van der Waals surface area (Å²) in [5, 5.41) is 0. The molecule has 2 amide bonds. The van der Waals surface area contributed by atoms with E-state index in [0.717, 1.165) is 55.1 Å². The molecule has 0 radical (unpaired) electrons. The number of carbonyl (C=O) groups excluding carboxylic acids is 2. The second kappa shape index (κ2) is 7.82. The predicted octanol–water partition coefficient (Wildman–Crippen LogP) is 3.60. The normalized spacial score (nSPS) is 26.1. The summed E-state index contributed by atoms with van der Waals surface area (Å²) in [7, 11) is 0. The number of alkyl halides is 3. The highest BCUT2D eigenvalue weighted by Crippen LogP contribution is 2.41. The van der Waals surface area contributed by atoms with Gasteiger partial charge in [-0.15, -0.1) is 0 Å². The number of nitrogens with zero attached hydrogens (tertiary/aromatic N) is 2. The molecule has 0 spiro atoms. The van der Waals surface area contributed by atoms with E-state index in [2.05, 4.69) is 11.0 Å². The Hall–Kier alpha value is -2.35. The van der Waals surface area contributed by atoms with Gasteiger partial charge in [-0.05, 0) is 37.5 Å². The maximum Gasteiger partial charge on any atom is 0.416 e. The molecule has 29 heavy (non-hydrogen) atoms. The van der Waals surface area contributed by atoms with Gasteiger partial charge in [-0.1, -0.05) is 12.1 Å². The van der Waals surface area contributed by atoms with Gasteiger partial charge in [-0.25, -0.2) is 0 Å². The van der Waals surface area contributed by atoms with E-state index in [1.165, 1.54) is 12.1 Å². The zero-order valence-electron chi connectivity index (χ0n) is 16.0. The van der Waals surface area contributed by atoms with Crippen LogP contribution in [0.15, 0.2) is 36.0 Å². The number of imide groups is 1. The summed E-state index contributed by atoms with van der Waals surface area (Å²) in [6, 6.07) is 4.42. The molecule has 8 heteroatoms. The lowest BCUT2D eigenvalue weighted by Crippen LogP contribution is -2.41. The molecule has 1 aromatic rings. The van der Waals surface area contributed by atoms with Crippen LogP contribution in [0.1, 0.15) is 31.2 Å². The molecule has 0 unspecified atom stereocenters. The number of morpholine rings is 1. The number of benzene rings is 1. The van der Waals surface area contributed by atoms with Gasteiger partial charge in [0.1, 0.15) is 0 Å². The van der Waals surface area contributed by atoms with E-state index in [4.69, 9.17) is 4.74 Å². The van der Waals surface area contributed by atoms with Gasteiger partial charge in [0.15, 0.2) is 0 Å². The van der Waals surface area contributed by atoms with Crippen molar-refractivity contribution in [2.75, 3.05) is 31.2 Å². The van der Waals surface area contributed by atoms with Crippen LogP contribution in [0.4, 0.5) is 18.9 Å². The van der Waals surface area contributed by atoms with Gasteiger partial charge in [-0.3, -0.25) is 14.5 Å². The second-order valence-corrected chi connectivity index (χ2v) is 7.69. The summed E-state index contributed by atoms with van der Waals surface area (Å²) in [6.07, 6.45) is 0.293. The van der Waals surface area contributed by atoms with Gasteiger partial charge in [0.2, 0.25) is 11.8 Å². The van der Waals surface area contributed by atoms with Crippen molar-refractivity contribution in [2.24, 2.45) is 11.8 Å². The van der Waals surface area contributed by atoms with Crippen molar-refractivity contribution < 1.29 is 27.5 Å². The maximum absolute atomic E-state index is 13.2. The fraction of sp³-hybridized carbons (Fsp3) is 0.524. The third kappa shape index (κ3) is 3.90. The first kappa shape index (κ1) is 19.9. The van der Waals surface area contributed by atoms with E-state index in [1.54, 1.807) is 0 Å². The Balaban J connectivity index is 1.59. The molecule has 2 saturated heterocycles. The molecule has 2 fully saturated rings. The van der Waals surface area contributed by atoms with Crippen molar-refractivity contribution in [3.8, 4) is 0 Å². The lowest BCUT2D eigenvalue weighted by Gasteiger charge is -2.38. The van der Waals surface area contributed by atoms with Crippen LogP contribution in [0.2, 0.25) is 0 Å². The number of halogens is 3. The van der Waals surface area contributed by atoms with Gasteiger partial charge in [0.25, 0.3) is 0 Å². The Morgan fingerprint density at radius 3 is 2.55 bits per heavy atom. The number of ether oxygens (including phenoxy) is 1. The third-order valence-electron chi connectivity index (χ3n) is 5.93. The Labute approximate surface area is 167 Å². The molecule has 0 saturated carbocycles. The second-order valence-electron chi connectivity index (χ2n) is 7.69. The van der Waals surface area contributed by atoms with Crippen molar-refractivity contribution in [3.05, 3.63) is 41.6 Å². The van der Waals surface area contributed by atoms with Crippen molar-refractivity contribution in [2.45, 2.75) is 31.9 Å². The number of hydrogen-bond acceptors (Lipinski definition) is 4. The first-order valence-corrected chi connectivity index (χ1v) is 9.93. The maximum atomic E-state index is 13.2. The Morgan fingerprint density at radius 1 is 1.07 bits per heavy atom. The summed E-state index contributed by atoms with van der Waals surface area (Å²) in [4.78, 5) is 29.0. The predicted molar refractivity (Wildman–Crippen MR) is 99.9 cm³/mol. The highest BCUT2D eigenvalue weighted by atomic mass is 19.4. The van der Waals surface area contributed by atoms with E-state index in [9.17, 15) is 22.8 Å². The first-order chi connectivity index (χ1) is 13.9. The molecule has 2 heterocycles. The minimum absolute atomic E-state index is 0.00923. The molecule has 0 N–H and O–H groups in total. The molecule has 0 bridgehead atoms. The Bertz CT molecular complexity index is 831. The van der Waals surface area contributed by atoms with E-state index in [-0.39, 0.29) is 18.0 Å². The largest absolute Gasteiger partial charge is 0.416 e. The number of rotatable bonds is 3. The number of hydrogen-bond donors (Lipinski definition) is 0. The summed E-state index contributed by atoms with van der Waals surface area (Å²) < 4.78 is 44.6. The molecule has 1 aromatic carbocycles. The fourth-order valence-electron chi connectivity index (χ4n) is 4.54. The van der Waals surface area contributed by atoms with Crippen LogP contribution in [-0.4, -0.2) is 43.0 Å². The van der Waals surface area contributed by atoms with Gasteiger partial charge >= 0.3 is 6.18 Å². The van der Waals surface area contributed by atoms with E-state index in [0.29, 0.717) is 13.2 Å². The SMILES string of the molecule is O=C1C[C@@H]([C@H]2CCCC=C2N2CCOCC2)C(=O)N1c1cccc(C(F)(F)F)c1. The zero-order chi connectivity index (χ0) is 20.6. The van der Waals surface area contributed by atoms with Crippen LogP contribution in [-0.2, 0) is 20.5 Å². The monoisotopic (exact) mass is 408 g/mol. The molecule has 5 nitrogen and oxygen atoms in total. The van der Waals surface area contributed by atoms with E-state index < -0.39 is 29.5 Å². The molecule has 0 aromatic heterocycles. The van der Waals surface area contributed by atoms with Crippen LogP contribution in [0.25, 0.3) is 0 Å². The highest BCUT2D eigenvalue weighted by Gasteiger charge is 2.46. The van der Waals surface area contributed by atoms with Gasteiger partial charge in [-0.2, -0.15) is 13.2 Å². The van der Waals surface area contributed by atoms with Crippen LogP contribution in [0.3, 0.4) is 0 Å². The Morgan fingerprint density at radius 2 is 1.83 bits per heavy atom. The zero-order valence-corrected chi connectivity index (χ0v) is 16.0. The topological polar surface area (TPSA) is 49.9 Å². The minimum Gasteiger partial charge on any atom is -0.378 e. The van der Waals surface area contributed by atoms with Crippen LogP contribution >= 0.6 is 0 Å². The van der Waals surface area contributed by atoms with Crippen LogP contribution in [0.5, 0.6) is 0 Å². The molecule has 4 rings (SSSR count). The first-order valence-electron chi connectivity index (χ1n) is 9.93. The molecule has 3 aliphatic rings. The van der Waals surface area contributed by atoms with Crippen molar-refractivity contribution in [1.29, 1.82) is 0 Å². The van der Waals surface area contributed by atoms with Crippen LogP contribution in [0, 0.1) is 11.8 Å². The molecule has 2 aliphatic heterocycles.